The third-order valence-corrected chi connectivity index (χ3v) is 2.52. The third-order valence-electron chi connectivity index (χ3n) is 2.52. The lowest BCUT2D eigenvalue weighted by molar-refractivity contribution is 0.0939. The van der Waals surface area contributed by atoms with Crippen LogP contribution in [0.15, 0.2) is 18.2 Å². The van der Waals surface area contributed by atoms with E-state index in [0.717, 1.165) is 11.1 Å². The third kappa shape index (κ3) is 5.15. The molecule has 0 aliphatic heterocycles. The van der Waals surface area contributed by atoms with Crippen LogP contribution in [0.4, 0.5) is 0 Å². The molecule has 0 spiro atoms. The van der Waals surface area contributed by atoms with E-state index in [2.05, 4.69) is 37.9 Å². The molecule has 19 heavy (non-hydrogen) atoms. The lowest BCUT2D eigenvalue weighted by atomic mass is 9.96. The van der Waals surface area contributed by atoms with Crippen LogP contribution >= 0.6 is 0 Å². The Morgan fingerprint density at radius 2 is 2.05 bits per heavy atom. The van der Waals surface area contributed by atoms with Gasteiger partial charge in [0, 0.05) is 12.1 Å². The van der Waals surface area contributed by atoms with E-state index in [4.69, 9.17) is 5.73 Å². The summed E-state index contributed by atoms with van der Waals surface area (Å²) in [5, 5.41) is 2.94. The van der Waals surface area contributed by atoms with Crippen molar-refractivity contribution >= 4 is 5.91 Å². The van der Waals surface area contributed by atoms with E-state index in [1.54, 1.807) is 0 Å². The highest BCUT2D eigenvalue weighted by Gasteiger charge is 2.15. The van der Waals surface area contributed by atoms with Crippen LogP contribution in [-0.2, 0) is 0 Å². The number of carbonyl (C=O) groups excluding carboxylic acids is 1. The van der Waals surface area contributed by atoms with E-state index in [9.17, 15) is 4.79 Å². The number of nitrogens with one attached hydrogen (secondary N) is 1. The molecule has 0 unspecified atom stereocenters. The minimum Gasteiger partial charge on any atom is -0.351 e. The summed E-state index contributed by atoms with van der Waals surface area (Å²) >= 11 is 0. The maximum absolute atomic E-state index is 12.2. The fourth-order valence-corrected chi connectivity index (χ4v) is 1.54. The number of hydrogen-bond acceptors (Lipinski definition) is 2. The number of amides is 1. The number of aryl methyl sites for hydroxylation is 1. The number of nitrogens with two attached hydrogens (primary N) is 1. The van der Waals surface area contributed by atoms with E-state index in [-0.39, 0.29) is 17.9 Å². The lowest BCUT2D eigenvalue weighted by Crippen LogP contribution is -2.32. The van der Waals surface area contributed by atoms with E-state index in [1.807, 2.05) is 25.1 Å². The first-order chi connectivity index (χ1) is 8.83. The molecule has 0 aliphatic rings. The van der Waals surface area contributed by atoms with Crippen molar-refractivity contribution in [3.05, 3.63) is 34.9 Å². The van der Waals surface area contributed by atoms with Crippen molar-refractivity contribution < 1.29 is 4.79 Å². The van der Waals surface area contributed by atoms with Gasteiger partial charge in [-0.25, -0.2) is 0 Å². The van der Waals surface area contributed by atoms with Crippen LogP contribution < -0.4 is 11.1 Å². The van der Waals surface area contributed by atoms with Crippen LogP contribution in [0.25, 0.3) is 0 Å². The first kappa shape index (κ1) is 15.3. The molecule has 0 fully saturated rings. The monoisotopic (exact) mass is 258 g/mol. The molecular formula is C16H22N2O. The zero-order valence-corrected chi connectivity index (χ0v) is 12.1. The van der Waals surface area contributed by atoms with Gasteiger partial charge in [-0.3, -0.25) is 4.79 Å². The van der Waals surface area contributed by atoms with Gasteiger partial charge in [0.25, 0.3) is 5.91 Å². The van der Waals surface area contributed by atoms with E-state index in [0.29, 0.717) is 12.1 Å². The summed E-state index contributed by atoms with van der Waals surface area (Å²) < 4.78 is 0. The quantitative estimate of drug-likeness (QED) is 0.798. The van der Waals surface area contributed by atoms with Crippen molar-refractivity contribution in [2.24, 2.45) is 11.1 Å². The minimum absolute atomic E-state index is 0.0581. The van der Waals surface area contributed by atoms with Crippen molar-refractivity contribution in [3.63, 3.8) is 0 Å². The summed E-state index contributed by atoms with van der Waals surface area (Å²) in [6, 6.07) is 5.67. The molecule has 0 bridgehead atoms. The Balaban J connectivity index is 2.97. The van der Waals surface area contributed by atoms with Gasteiger partial charge in [0.15, 0.2) is 0 Å². The second kappa shape index (κ2) is 6.40. The van der Waals surface area contributed by atoms with Crippen LogP contribution in [0, 0.1) is 24.2 Å². The molecule has 3 N–H and O–H groups in total. The minimum atomic E-state index is -0.0834. The van der Waals surface area contributed by atoms with Crippen LogP contribution in [0.5, 0.6) is 0 Å². The molecule has 0 aliphatic carbocycles. The van der Waals surface area contributed by atoms with Crippen molar-refractivity contribution in [2.45, 2.75) is 27.7 Å². The summed E-state index contributed by atoms with van der Waals surface area (Å²) in [7, 11) is 0. The molecule has 0 atom stereocenters. The summed E-state index contributed by atoms with van der Waals surface area (Å²) in [4.78, 5) is 12.2. The molecule has 0 heterocycles. The second-order valence-corrected chi connectivity index (χ2v) is 5.80. The summed E-state index contributed by atoms with van der Waals surface area (Å²) in [5.41, 5.74) is 7.81. The lowest BCUT2D eigenvalue weighted by Gasteiger charge is -2.19. The Bertz CT molecular complexity index is 516. The molecular weight excluding hydrogens is 236 g/mol. The van der Waals surface area contributed by atoms with Gasteiger partial charge < -0.3 is 11.1 Å². The maximum Gasteiger partial charge on any atom is 0.252 e. The molecule has 3 heteroatoms. The standard InChI is InChI=1S/C16H22N2O/c1-12-7-8-13(6-5-9-17)14(10-12)15(19)18-11-16(2,3)4/h7-8,10H,9,11,17H2,1-4H3,(H,18,19). The first-order valence-corrected chi connectivity index (χ1v) is 6.41. The SMILES string of the molecule is Cc1ccc(C#CCN)c(C(=O)NCC(C)(C)C)c1. The molecule has 0 aromatic heterocycles. The zero-order valence-electron chi connectivity index (χ0n) is 12.1. The van der Waals surface area contributed by atoms with Gasteiger partial charge in [-0.05, 0) is 24.5 Å². The molecule has 1 rings (SSSR count). The Kier molecular flexibility index (Phi) is 5.14. The molecule has 0 radical (unpaired) electrons. The summed E-state index contributed by atoms with van der Waals surface area (Å²) in [6.45, 7) is 9.12. The van der Waals surface area contributed by atoms with Gasteiger partial charge in [-0.1, -0.05) is 44.2 Å². The molecule has 0 saturated heterocycles. The van der Waals surface area contributed by atoms with Crippen LogP contribution in [-0.4, -0.2) is 19.0 Å². The molecule has 102 valence electrons. The van der Waals surface area contributed by atoms with Crippen LogP contribution in [0.3, 0.4) is 0 Å². The van der Waals surface area contributed by atoms with Crippen molar-refractivity contribution in [3.8, 4) is 11.8 Å². The van der Waals surface area contributed by atoms with Crippen molar-refractivity contribution in [2.75, 3.05) is 13.1 Å². The van der Waals surface area contributed by atoms with Gasteiger partial charge in [0.2, 0.25) is 0 Å². The average molecular weight is 258 g/mol. The number of rotatable bonds is 2. The van der Waals surface area contributed by atoms with Gasteiger partial charge >= 0.3 is 0 Å². The molecule has 0 saturated carbocycles. The maximum atomic E-state index is 12.2. The van der Waals surface area contributed by atoms with Gasteiger partial charge in [-0.15, -0.1) is 0 Å². The van der Waals surface area contributed by atoms with Crippen LogP contribution in [0.2, 0.25) is 0 Å². The highest BCUT2D eigenvalue weighted by molar-refractivity contribution is 5.97. The Labute approximate surface area is 115 Å². The Hall–Kier alpha value is -1.79. The number of benzene rings is 1. The predicted molar refractivity (Wildman–Crippen MR) is 78.9 cm³/mol. The number of carbonyl (C=O) groups is 1. The fourth-order valence-electron chi connectivity index (χ4n) is 1.54. The highest BCUT2D eigenvalue weighted by Crippen LogP contribution is 2.13. The Morgan fingerprint density at radius 3 is 2.63 bits per heavy atom. The van der Waals surface area contributed by atoms with E-state index < -0.39 is 0 Å². The summed E-state index contributed by atoms with van der Waals surface area (Å²) in [6.07, 6.45) is 0. The van der Waals surface area contributed by atoms with E-state index >= 15 is 0 Å². The normalized spacial score (nSPS) is 10.6. The van der Waals surface area contributed by atoms with Crippen molar-refractivity contribution in [1.29, 1.82) is 0 Å². The smallest absolute Gasteiger partial charge is 0.252 e. The molecule has 1 aromatic carbocycles. The zero-order chi connectivity index (χ0) is 14.5. The second-order valence-electron chi connectivity index (χ2n) is 5.80. The van der Waals surface area contributed by atoms with Crippen LogP contribution in [0.1, 0.15) is 42.3 Å². The van der Waals surface area contributed by atoms with Crippen molar-refractivity contribution in [1.82, 2.24) is 5.32 Å². The average Bonchev–Trinajstić information content (AvgIpc) is 2.33. The highest BCUT2D eigenvalue weighted by atomic mass is 16.1. The molecule has 1 amide bonds. The topological polar surface area (TPSA) is 55.1 Å². The largest absolute Gasteiger partial charge is 0.351 e. The van der Waals surface area contributed by atoms with Gasteiger partial charge in [-0.2, -0.15) is 0 Å². The van der Waals surface area contributed by atoms with Gasteiger partial charge in [0.05, 0.1) is 12.1 Å². The first-order valence-electron chi connectivity index (χ1n) is 6.41. The predicted octanol–water partition coefficient (Wildman–Crippen LogP) is 2.08. The molecule has 3 nitrogen and oxygen atoms in total. The summed E-state index contributed by atoms with van der Waals surface area (Å²) in [5.74, 6) is 5.65. The van der Waals surface area contributed by atoms with Gasteiger partial charge in [0.1, 0.15) is 0 Å². The fraction of sp³-hybridized carbons (Fsp3) is 0.438. The van der Waals surface area contributed by atoms with E-state index in [1.165, 1.54) is 0 Å². The molecule has 1 aromatic rings. The number of hydrogen-bond donors (Lipinski definition) is 2. The Morgan fingerprint density at radius 1 is 1.37 bits per heavy atom.